The molecule has 172 valence electrons. The minimum Gasteiger partial charge on any atom is -0.383 e. The van der Waals surface area contributed by atoms with Gasteiger partial charge in [-0.3, -0.25) is 9.58 Å². The van der Waals surface area contributed by atoms with E-state index in [0.29, 0.717) is 23.2 Å². The molecule has 0 amide bonds. The summed E-state index contributed by atoms with van der Waals surface area (Å²) in [5.41, 5.74) is 9.14. The van der Waals surface area contributed by atoms with Crippen molar-refractivity contribution in [1.82, 2.24) is 19.7 Å². The van der Waals surface area contributed by atoms with Crippen LogP contribution < -0.4 is 5.73 Å². The Kier molecular flexibility index (Phi) is 5.09. The summed E-state index contributed by atoms with van der Waals surface area (Å²) in [6, 6.07) is 3.59. The molecule has 3 atom stereocenters. The van der Waals surface area contributed by atoms with Crippen molar-refractivity contribution in [2.45, 2.75) is 58.0 Å². The maximum Gasteiger partial charge on any atom is 0.419 e. The molecule has 3 aliphatic rings. The van der Waals surface area contributed by atoms with Crippen molar-refractivity contribution in [3.05, 3.63) is 35.2 Å². The van der Waals surface area contributed by atoms with E-state index < -0.39 is 17.6 Å². The van der Waals surface area contributed by atoms with Gasteiger partial charge in [-0.15, -0.1) is 0 Å². The van der Waals surface area contributed by atoms with E-state index in [2.05, 4.69) is 21.9 Å². The van der Waals surface area contributed by atoms with Crippen LogP contribution in [0.3, 0.4) is 0 Å². The zero-order valence-electron chi connectivity index (χ0n) is 18.5. The van der Waals surface area contributed by atoms with Crippen LogP contribution in [-0.2, 0) is 10.9 Å². The number of nitrogens with zero attached hydrogens (tertiary/aromatic N) is 4. The van der Waals surface area contributed by atoms with Crippen LogP contribution >= 0.6 is 0 Å². The Labute approximate surface area is 185 Å². The fraction of sp³-hybridized carbons (Fsp3) is 0.565. The van der Waals surface area contributed by atoms with E-state index >= 15 is 0 Å². The standard InChI is InChI=1S/C23H28F3N5O/c1-12(2)31-20(9-19(29-31)14-6-18(23(24,25)26)22(27)28-10-14)21-16-7-15(8-17(16)21)30-4-5-32-13(3)11-30/h6,9-10,12-13,15-16H,4-5,7-8,11H2,1-3H3,(H2,27,28)/t13-,15?,16+/m0/s1. The minimum atomic E-state index is -4.55. The topological polar surface area (TPSA) is 69.2 Å². The zero-order chi connectivity index (χ0) is 22.8. The molecule has 2 aromatic rings. The highest BCUT2D eigenvalue weighted by Gasteiger charge is 2.48. The van der Waals surface area contributed by atoms with Gasteiger partial charge in [0, 0.05) is 42.9 Å². The molecule has 2 aliphatic carbocycles. The number of pyridine rings is 1. The van der Waals surface area contributed by atoms with Gasteiger partial charge in [0.25, 0.3) is 0 Å². The highest BCUT2D eigenvalue weighted by Crippen LogP contribution is 2.58. The molecule has 1 unspecified atom stereocenters. The van der Waals surface area contributed by atoms with Crippen molar-refractivity contribution >= 4 is 11.4 Å². The van der Waals surface area contributed by atoms with E-state index in [1.165, 1.54) is 17.3 Å². The molecule has 3 heterocycles. The number of rotatable bonds is 4. The highest BCUT2D eigenvalue weighted by molar-refractivity contribution is 5.87. The van der Waals surface area contributed by atoms with Crippen LogP contribution in [-0.4, -0.2) is 51.5 Å². The van der Waals surface area contributed by atoms with Crippen molar-refractivity contribution in [2.75, 3.05) is 25.4 Å². The smallest absolute Gasteiger partial charge is 0.383 e. The van der Waals surface area contributed by atoms with Gasteiger partial charge in [0.05, 0.1) is 29.7 Å². The van der Waals surface area contributed by atoms with Gasteiger partial charge in [-0.05, 0) is 51.3 Å². The molecular formula is C23H28F3N5O. The number of nitrogen functional groups attached to an aromatic ring is 1. The zero-order valence-corrected chi connectivity index (χ0v) is 18.5. The predicted molar refractivity (Wildman–Crippen MR) is 116 cm³/mol. The Hall–Kier alpha value is -2.39. The molecule has 2 fully saturated rings. The molecule has 0 bridgehead atoms. The van der Waals surface area contributed by atoms with E-state index in [1.807, 2.05) is 24.6 Å². The first-order valence-corrected chi connectivity index (χ1v) is 11.1. The number of allylic oxidation sites excluding steroid dienone is 1. The van der Waals surface area contributed by atoms with Crippen molar-refractivity contribution in [1.29, 1.82) is 0 Å². The van der Waals surface area contributed by atoms with Crippen LogP contribution in [0.4, 0.5) is 19.0 Å². The lowest BCUT2D eigenvalue weighted by molar-refractivity contribution is -0.137. The van der Waals surface area contributed by atoms with Crippen LogP contribution in [0.15, 0.2) is 23.9 Å². The largest absolute Gasteiger partial charge is 0.419 e. The van der Waals surface area contributed by atoms with Crippen LogP contribution in [0, 0.1) is 5.92 Å². The lowest BCUT2D eigenvalue weighted by atomic mass is 10.1. The van der Waals surface area contributed by atoms with E-state index in [1.54, 1.807) is 0 Å². The number of halogens is 3. The second-order valence-electron chi connectivity index (χ2n) is 9.37. The van der Waals surface area contributed by atoms with Gasteiger partial charge in [-0.2, -0.15) is 18.3 Å². The third-order valence-corrected chi connectivity index (χ3v) is 6.80. The molecule has 0 spiro atoms. The number of aromatic nitrogens is 3. The third kappa shape index (κ3) is 3.71. The number of anilines is 1. The maximum absolute atomic E-state index is 13.3. The van der Waals surface area contributed by atoms with Crippen molar-refractivity contribution in [2.24, 2.45) is 5.92 Å². The Balaban J connectivity index is 1.43. The number of hydrogen-bond donors (Lipinski definition) is 1. The average Bonchev–Trinajstić information content (AvgIpc) is 3.08. The van der Waals surface area contributed by atoms with E-state index in [-0.39, 0.29) is 12.1 Å². The van der Waals surface area contributed by atoms with E-state index in [9.17, 15) is 13.2 Å². The van der Waals surface area contributed by atoms with Gasteiger partial charge in [-0.25, -0.2) is 4.98 Å². The SMILES string of the molecule is CC(C)n1nc(-c2cnc(N)c(C(F)(F)F)c2)cc1C1=C2CC(N3CCO[C@@H](C)C3)C[C@H]21. The average molecular weight is 448 g/mol. The molecule has 1 saturated heterocycles. The van der Waals surface area contributed by atoms with Crippen LogP contribution in [0.5, 0.6) is 0 Å². The first-order valence-electron chi connectivity index (χ1n) is 11.1. The summed E-state index contributed by atoms with van der Waals surface area (Å²) in [5, 5.41) is 4.65. The lowest BCUT2D eigenvalue weighted by Crippen LogP contribution is -2.46. The van der Waals surface area contributed by atoms with Crippen molar-refractivity contribution < 1.29 is 17.9 Å². The normalized spacial score (nSPS) is 26.2. The van der Waals surface area contributed by atoms with Crippen LogP contribution in [0.25, 0.3) is 16.8 Å². The monoisotopic (exact) mass is 447 g/mol. The Morgan fingerprint density at radius 3 is 2.66 bits per heavy atom. The summed E-state index contributed by atoms with van der Waals surface area (Å²) in [4.78, 5) is 6.31. The van der Waals surface area contributed by atoms with Crippen molar-refractivity contribution in [3.8, 4) is 11.3 Å². The molecule has 5 rings (SSSR count). The Bertz CT molecular complexity index is 1070. The lowest BCUT2D eigenvalue weighted by Gasteiger charge is -2.36. The van der Waals surface area contributed by atoms with Crippen LogP contribution in [0.2, 0.25) is 0 Å². The number of nitrogens with two attached hydrogens (primary N) is 1. The van der Waals surface area contributed by atoms with E-state index in [0.717, 1.165) is 44.3 Å². The number of morpholine rings is 1. The summed E-state index contributed by atoms with van der Waals surface area (Å²) in [6.45, 7) is 8.91. The second kappa shape index (κ2) is 7.59. The highest BCUT2D eigenvalue weighted by atomic mass is 19.4. The molecule has 9 heteroatoms. The molecule has 0 radical (unpaired) electrons. The maximum atomic E-state index is 13.3. The summed E-state index contributed by atoms with van der Waals surface area (Å²) < 4.78 is 47.5. The molecule has 32 heavy (non-hydrogen) atoms. The van der Waals surface area contributed by atoms with E-state index in [4.69, 9.17) is 10.5 Å². The van der Waals surface area contributed by atoms with Crippen LogP contribution in [0.1, 0.15) is 50.9 Å². The van der Waals surface area contributed by atoms with Crippen molar-refractivity contribution in [3.63, 3.8) is 0 Å². The molecule has 2 N–H and O–H groups in total. The molecule has 1 saturated carbocycles. The third-order valence-electron chi connectivity index (χ3n) is 6.80. The van der Waals surface area contributed by atoms with Gasteiger partial charge in [0.1, 0.15) is 5.82 Å². The first-order chi connectivity index (χ1) is 15.1. The summed E-state index contributed by atoms with van der Waals surface area (Å²) >= 11 is 0. The first kappa shape index (κ1) is 21.5. The fourth-order valence-electron chi connectivity index (χ4n) is 5.21. The van der Waals surface area contributed by atoms with Gasteiger partial charge >= 0.3 is 6.18 Å². The Morgan fingerprint density at radius 2 is 2.03 bits per heavy atom. The number of alkyl halides is 3. The predicted octanol–water partition coefficient (Wildman–Crippen LogP) is 4.39. The number of ether oxygens (including phenoxy) is 1. The second-order valence-corrected chi connectivity index (χ2v) is 9.37. The fourth-order valence-corrected chi connectivity index (χ4v) is 5.21. The summed E-state index contributed by atoms with van der Waals surface area (Å²) in [7, 11) is 0. The molecule has 0 aromatic carbocycles. The summed E-state index contributed by atoms with van der Waals surface area (Å²) in [5.74, 6) is -0.0645. The molecule has 6 nitrogen and oxygen atoms in total. The van der Waals surface area contributed by atoms with Gasteiger partial charge < -0.3 is 10.5 Å². The quantitative estimate of drug-likeness (QED) is 0.753. The van der Waals surface area contributed by atoms with Gasteiger partial charge in [0.2, 0.25) is 0 Å². The molecule has 2 aromatic heterocycles. The molecular weight excluding hydrogens is 419 g/mol. The molecule has 1 aliphatic heterocycles. The number of hydrogen-bond acceptors (Lipinski definition) is 5. The number of fused-ring (bicyclic) bond motifs is 1. The van der Waals surface area contributed by atoms with Gasteiger partial charge in [-0.1, -0.05) is 5.57 Å². The van der Waals surface area contributed by atoms with Gasteiger partial charge in [0.15, 0.2) is 0 Å². The minimum absolute atomic E-state index is 0.0906. The Morgan fingerprint density at radius 1 is 1.25 bits per heavy atom. The summed E-state index contributed by atoms with van der Waals surface area (Å²) in [6.07, 6.45) is -0.775.